The second-order valence-electron chi connectivity index (χ2n) is 7.74. The zero-order chi connectivity index (χ0) is 21.8. The van der Waals surface area contributed by atoms with Gasteiger partial charge in [-0.05, 0) is 49.1 Å². The molecule has 0 aliphatic rings. The quantitative estimate of drug-likeness (QED) is 0.463. The summed E-state index contributed by atoms with van der Waals surface area (Å²) in [6.07, 6.45) is 4.64. The van der Waals surface area contributed by atoms with Gasteiger partial charge in [-0.2, -0.15) is 4.98 Å². The maximum absolute atomic E-state index is 13.3. The third kappa shape index (κ3) is 4.94. The number of hydrogen-bond donors (Lipinski definition) is 0. The highest BCUT2D eigenvalue weighted by Crippen LogP contribution is 2.14. The van der Waals surface area contributed by atoms with Crippen LogP contribution in [-0.4, -0.2) is 35.4 Å². The molecule has 0 aliphatic carbocycles. The Morgan fingerprint density at radius 2 is 1.74 bits per heavy atom. The van der Waals surface area contributed by atoms with E-state index in [1.54, 1.807) is 16.9 Å². The van der Waals surface area contributed by atoms with Gasteiger partial charge in [-0.3, -0.25) is 9.78 Å². The third-order valence-corrected chi connectivity index (χ3v) is 5.23. The lowest BCUT2D eigenvalue weighted by atomic mass is 10.1. The van der Waals surface area contributed by atoms with Crippen molar-refractivity contribution in [1.82, 2.24) is 29.5 Å². The lowest BCUT2D eigenvalue weighted by Gasteiger charge is -2.22. The maximum atomic E-state index is 13.3. The van der Waals surface area contributed by atoms with Crippen LogP contribution in [0, 0.1) is 13.8 Å². The Bertz CT molecular complexity index is 1180. The molecule has 0 saturated carbocycles. The number of pyridine rings is 1. The van der Waals surface area contributed by atoms with Crippen LogP contribution in [0.1, 0.15) is 40.8 Å². The molecular formula is C24H26N6O. The first-order valence-electron chi connectivity index (χ1n) is 10.5. The van der Waals surface area contributed by atoms with Crippen LogP contribution in [0.5, 0.6) is 0 Å². The maximum Gasteiger partial charge on any atom is 0.252 e. The molecule has 3 aromatic heterocycles. The molecule has 0 aliphatic heterocycles. The molecular weight excluding hydrogens is 388 g/mol. The summed E-state index contributed by atoms with van der Waals surface area (Å²) in [6.45, 7) is 7.00. The molecule has 1 aromatic carbocycles. The fourth-order valence-corrected chi connectivity index (χ4v) is 3.57. The Morgan fingerprint density at radius 3 is 2.45 bits per heavy atom. The first kappa shape index (κ1) is 20.7. The monoisotopic (exact) mass is 414 g/mol. The summed E-state index contributed by atoms with van der Waals surface area (Å²) in [4.78, 5) is 28.2. The molecule has 0 unspecified atom stereocenters. The van der Waals surface area contributed by atoms with E-state index in [-0.39, 0.29) is 12.3 Å². The summed E-state index contributed by atoms with van der Waals surface area (Å²) in [7, 11) is 0. The van der Waals surface area contributed by atoms with Crippen LogP contribution in [0.4, 0.5) is 0 Å². The first-order chi connectivity index (χ1) is 15.0. The van der Waals surface area contributed by atoms with E-state index >= 15 is 0 Å². The van der Waals surface area contributed by atoms with E-state index in [4.69, 9.17) is 0 Å². The topological polar surface area (TPSA) is 76.3 Å². The van der Waals surface area contributed by atoms with E-state index in [1.165, 1.54) is 5.56 Å². The normalized spacial score (nSPS) is 11.1. The molecule has 0 N–H and O–H groups in total. The van der Waals surface area contributed by atoms with Crippen LogP contribution in [0.3, 0.4) is 0 Å². The van der Waals surface area contributed by atoms with E-state index in [2.05, 4.69) is 51.2 Å². The summed E-state index contributed by atoms with van der Waals surface area (Å²) >= 11 is 0. The molecule has 0 radical (unpaired) electrons. The Labute approximate surface area is 181 Å². The Balaban J connectivity index is 1.57. The average molecular weight is 415 g/mol. The molecule has 0 atom stereocenters. The van der Waals surface area contributed by atoms with Crippen molar-refractivity contribution in [2.45, 2.75) is 46.7 Å². The first-order valence-corrected chi connectivity index (χ1v) is 10.5. The summed E-state index contributed by atoms with van der Waals surface area (Å²) in [5.74, 6) is 0.965. The fourth-order valence-electron chi connectivity index (χ4n) is 3.57. The van der Waals surface area contributed by atoms with Crippen molar-refractivity contribution in [2.24, 2.45) is 0 Å². The number of hydrogen-bond acceptors (Lipinski definition) is 5. The van der Waals surface area contributed by atoms with Gasteiger partial charge in [0.15, 0.2) is 5.82 Å². The van der Waals surface area contributed by atoms with Gasteiger partial charge >= 0.3 is 0 Å². The standard InChI is InChI=1S/C24H26N6O/c1-4-19-7-9-20(10-8-19)15-29(16-21-6-5-11-25-14-21)23(31)13-22-27-24-26-17(2)12-18(3)30(24)28-22/h5-12,14H,4,13,15-16H2,1-3H3. The van der Waals surface area contributed by atoms with Crippen molar-refractivity contribution < 1.29 is 4.79 Å². The number of carbonyl (C=O) groups excluding carboxylic acids is 1. The molecule has 0 bridgehead atoms. The SMILES string of the molecule is CCc1ccc(CN(Cc2cccnc2)C(=O)Cc2nc3nc(C)cc(C)n3n2)cc1. The van der Waals surface area contributed by atoms with Crippen LogP contribution in [-0.2, 0) is 30.7 Å². The van der Waals surface area contributed by atoms with Gasteiger partial charge in [-0.15, -0.1) is 5.10 Å². The Hall–Kier alpha value is -3.61. The van der Waals surface area contributed by atoms with Crippen molar-refractivity contribution in [3.05, 3.63) is 88.8 Å². The zero-order valence-corrected chi connectivity index (χ0v) is 18.1. The average Bonchev–Trinajstić information content (AvgIpc) is 3.17. The number of benzene rings is 1. The van der Waals surface area contributed by atoms with Crippen molar-refractivity contribution >= 4 is 11.7 Å². The van der Waals surface area contributed by atoms with Crippen molar-refractivity contribution in [3.8, 4) is 0 Å². The minimum atomic E-state index is -0.0336. The van der Waals surface area contributed by atoms with Crippen molar-refractivity contribution in [1.29, 1.82) is 0 Å². The van der Waals surface area contributed by atoms with Gasteiger partial charge in [-0.1, -0.05) is 37.3 Å². The molecule has 7 nitrogen and oxygen atoms in total. The lowest BCUT2D eigenvalue weighted by molar-refractivity contribution is -0.131. The minimum absolute atomic E-state index is 0.0336. The van der Waals surface area contributed by atoms with Crippen molar-refractivity contribution in [3.63, 3.8) is 0 Å². The second-order valence-corrected chi connectivity index (χ2v) is 7.74. The number of aryl methyl sites for hydroxylation is 3. The van der Waals surface area contributed by atoms with Gasteiger partial charge in [-0.25, -0.2) is 9.50 Å². The number of carbonyl (C=O) groups is 1. The molecule has 4 aromatic rings. The van der Waals surface area contributed by atoms with Gasteiger partial charge < -0.3 is 4.90 Å². The predicted octanol–water partition coefficient (Wildman–Crippen LogP) is 3.47. The zero-order valence-electron chi connectivity index (χ0n) is 18.1. The highest BCUT2D eigenvalue weighted by atomic mass is 16.2. The second kappa shape index (κ2) is 9.04. The number of aromatic nitrogens is 5. The highest BCUT2D eigenvalue weighted by Gasteiger charge is 2.19. The van der Waals surface area contributed by atoms with Gasteiger partial charge in [0.25, 0.3) is 5.78 Å². The summed E-state index contributed by atoms with van der Waals surface area (Å²) in [6, 6.07) is 14.2. The minimum Gasteiger partial charge on any atom is -0.334 e. The summed E-state index contributed by atoms with van der Waals surface area (Å²) in [5.41, 5.74) is 5.17. The Kier molecular flexibility index (Phi) is 6.02. The van der Waals surface area contributed by atoms with E-state index in [0.29, 0.717) is 24.7 Å². The molecule has 158 valence electrons. The third-order valence-electron chi connectivity index (χ3n) is 5.23. The van der Waals surface area contributed by atoms with Crippen LogP contribution >= 0.6 is 0 Å². The number of amides is 1. The largest absolute Gasteiger partial charge is 0.334 e. The van der Waals surface area contributed by atoms with Crippen LogP contribution in [0.15, 0.2) is 54.9 Å². The van der Waals surface area contributed by atoms with Crippen LogP contribution in [0.2, 0.25) is 0 Å². The van der Waals surface area contributed by atoms with Crippen molar-refractivity contribution in [2.75, 3.05) is 0 Å². The lowest BCUT2D eigenvalue weighted by Crippen LogP contribution is -2.31. The molecule has 1 amide bonds. The van der Waals surface area contributed by atoms with Crippen LogP contribution in [0.25, 0.3) is 5.78 Å². The molecule has 3 heterocycles. The predicted molar refractivity (Wildman–Crippen MR) is 118 cm³/mol. The number of rotatable bonds is 7. The molecule has 0 saturated heterocycles. The summed E-state index contributed by atoms with van der Waals surface area (Å²) in [5, 5.41) is 4.50. The van der Waals surface area contributed by atoms with E-state index in [1.807, 2.05) is 36.9 Å². The van der Waals surface area contributed by atoms with E-state index in [9.17, 15) is 4.79 Å². The molecule has 31 heavy (non-hydrogen) atoms. The summed E-state index contributed by atoms with van der Waals surface area (Å²) < 4.78 is 1.69. The molecule has 0 spiro atoms. The highest BCUT2D eigenvalue weighted by molar-refractivity contribution is 5.78. The van der Waals surface area contributed by atoms with Gasteiger partial charge in [0.1, 0.15) is 0 Å². The van der Waals surface area contributed by atoms with E-state index in [0.717, 1.165) is 28.9 Å². The molecule has 4 rings (SSSR count). The van der Waals surface area contributed by atoms with Gasteiger partial charge in [0, 0.05) is 36.9 Å². The van der Waals surface area contributed by atoms with Crippen LogP contribution < -0.4 is 0 Å². The van der Waals surface area contributed by atoms with E-state index < -0.39 is 0 Å². The smallest absolute Gasteiger partial charge is 0.252 e. The van der Waals surface area contributed by atoms with Gasteiger partial charge in [0.2, 0.25) is 5.91 Å². The molecule has 7 heteroatoms. The number of fused-ring (bicyclic) bond motifs is 1. The number of nitrogens with zero attached hydrogens (tertiary/aromatic N) is 6. The van der Waals surface area contributed by atoms with Gasteiger partial charge in [0.05, 0.1) is 6.42 Å². The fraction of sp³-hybridized carbons (Fsp3) is 0.292. The molecule has 0 fully saturated rings. The Morgan fingerprint density at radius 1 is 1.00 bits per heavy atom.